The molecule has 11 heteroatoms. The van der Waals surface area contributed by atoms with Crippen LogP contribution in [0.4, 0.5) is 18.0 Å². The number of nitrogens with one attached hydrogen (secondary N) is 2. The van der Waals surface area contributed by atoms with Gasteiger partial charge < -0.3 is 15.5 Å². The lowest BCUT2D eigenvalue weighted by atomic mass is 9.73. The summed E-state index contributed by atoms with van der Waals surface area (Å²) in [5.74, 6) is -1.67. The van der Waals surface area contributed by atoms with Gasteiger partial charge in [0.2, 0.25) is 5.91 Å². The maximum Gasteiger partial charge on any atom is 0.405 e. The van der Waals surface area contributed by atoms with Crippen LogP contribution in [0, 0.1) is 5.92 Å². The molecule has 1 aromatic carbocycles. The molecule has 1 heterocycles. The molecule has 2 unspecified atom stereocenters. The number of likely N-dealkylation sites (N-methyl/N-ethyl adjacent to an activating group) is 1. The van der Waals surface area contributed by atoms with Crippen molar-refractivity contribution in [3.8, 4) is 0 Å². The number of carbonyl (C=O) groups is 4. The third-order valence-electron chi connectivity index (χ3n) is 6.31. The van der Waals surface area contributed by atoms with Crippen molar-refractivity contribution in [2.75, 3.05) is 20.1 Å². The molecule has 1 aromatic rings. The molecule has 33 heavy (non-hydrogen) atoms. The predicted molar refractivity (Wildman–Crippen MR) is 112 cm³/mol. The number of benzene rings is 1. The van der Waals surface area contributed by atoms with E-state index in [1.165, 1.54) is 36.2 Å². The van der Waals surface area contributed by atoms with Gasteiger partial charge in [-0.15, -0.1) is 0 Å². The normalized spacial score (nSPS) is 22.9. The highest BCUT2D eigenvalue weighted by molar-refractivity contribution is 6.09. The molecule has 0 radical (unpaired) electrons. The number of alkyl halides is 3. The first-order chi connectivity index (χ1) is 15.4. The molecule has 1 aliphatic heterocycles. The minimum atomic E-state index is -4.50. The number of amides is 5. The largest absolute Gasteiger partial charge is 0.405 e. The molecule has 1 saturated heterocycles. The van der Waals surface area contributed by atoms with Crippen molar-refractivity contribution in [3.05, 3.63) is 35.4 Å². The van der Waals surface area contributed by atoms with Gasteiger partial charge in [-0.25, -0.2) is 4.79 Å². The molecule has 5 amide bonds. The Hall–Kier alpha value is -3.11. The minimum Gasteiger partial charge on any atom is -0.343 e. The van der Waals surface area contributed by atoms with Gasteiger partial charge in [-0.05, 0) is 36.5 Å². The van der Waals surface area contributed by atoms with E-state index in [1.807, 2.05) is 6.92 Å². The number of rotatable bonds is 6. The van der Waals surface area contributed by atoms with E-state index >= 15 is 0 Å². The van der Waals surface area contributed by atoms with Crippen molar-refractivity contribution < 1.29 is 32.3 Å². The van der Waals surface area contributed by atoms with Gasteiger partial charge in [-0.3, -0.25) is 19.3 Å². The van der Waals surface area contributed by atoms with Gasteiger partial charge in [0.25, 0.3) is 11.8 Å². The van der Waals surface area contributed by atoms with Gasteiger partial charge in [0.05, 0.1) is 0 Å². The second kappa shape index (κ2) is 9.40. The van der Waals surface area contributed by atoms with Crippen LogP contribution in [-0.4, -0.2) is 65.4 Å². The van der Waals surface area contributed by atoms with E-state index in [4.69, 9.17) is 0 Å². The number of carbonyl (C=O) groups excluding carboxylic acids is 4. The lowest BCUT2D eigenvalue weighted by Crippen LogP contribution is -2.54. The third-order valence-corrected chi connectivity index (χ3v) is 6.31. The molecule has 2 atom stereocenters. The van der Waals surface area contributed by atoms with Gasteiger partial charge in [-0.2, -0.15) is 13.2 Å². The van der Waals surface area contributed by atoms with E-state index in [1.54, 1.807) is 5.32 Å². The van der Waals surface area contributed by atoms with Crippen molar-refractivity contribution in [3.63, 3.8) is 0 Å². The first-order valence-corrected chi connectivity index (χ1v) is 10.7. The molecular formula is C22H27F3N4O4. The summed E-state index contributed by atoms with van der Waals surface area (Å²) >= 11 is 0. The molecule has 180 valence electrons. The monoisotopic (exact) mass is 468 g/mol. The van der Waals surface area contributed by atoms with E-state index < -0.39 is 36.1 Å². The SMILES string of the molecule is CC1CCCCC12NC(=O)N(CC(=O)N(C)Cc1ccc(C(=O)NCC(F)(F)F)cc1)C2=O. The number of hydrogen-bond donors (Lipinski definition) is 2. The Morgan fingerprint density at radius 1 is 1.21 bits per heavy atom. The Morgan fingerprint density at radius 3 is 2.48 bits per heavy atom. The highest BCUT2D eigenvalue weighted by Crippen LogP contribution is 2.38. The molecule has 1 spiro atoms. The Labute approximate surface area is 189 Å². The Balaban J connectivity index is 1.57. The van der Waals surface area contributed by atoms with E-state index in [0.717, 1.165) is 24.2 Å². The van der Waals surface area contributed by atoms with Crippen molar-refractivity contribution in [1.29, 1.82) is 0 Å². The lowest BCUT2D eigenvalue weighted by molar-refractivity contribution is -0.140. The summed E-state index contributed by atoms with van der Waals surface area (Å²) in [6, 6.07) is 5.22. The fourth-order valence-corrected chi connectivity index (χ4v) is 4.30. The number of nitrogens with zero attached hydrogens (tertiary/aromatic N) is 2. The summed E-state index contributed by atoms with van der Waals surface area (Å²) in [7, 11) is 1.52. The van der Waals surface area contributed by atoms with Crippen LogP contribution in [0.25, 0.3) is 0 Å². The molecular weight excluding hydrogens is 441 g/mol. The van der Waals surface area contributed by atoms with Crippen molar-refractivity contribution >= 4 is 23.8 Å². The first-order valence-electron chi connectivity index (χ1n) is 10.7. The van der Waals surface area contributed by atoms with Gasteiger partial charge in [0, 0.05) is 19.2 Å². The average molecular weight is 468 g/mol. The third kappa shape index (κ3) is 5.45. The number of hydrogen-bond acceptors (Lipinski definition) is 4. The topological polar surface area (TPSA) is 98.8 Å². The molecule has 0 bridgehead atoms. The van der Waals surface area contributed by atoms with Gasteiger partial charge in [0.1, 0.15) is 18.6 Å². The Bertz CT molecular complexity index is 935. The summed E-state index contributed by atoms with van der Waals surface area (Å²) in [6.07, 6.45) is -1.28. The summed E-state index contributed by atoms with van der Waals surface area (Å²) in [5, 5.41) is 4.60. The average Bonchev–Trinajstić information content (AvgIpc) is 2.99. The lowest BCUT2D eigenvalue weighted by Gasteiger charge is -2.36. The van der Waals surface area contributed by atoms with Crippen LogP contribution in [0.5, 0.6) is 0 Å². The highest BCUT2D eigenvalue weighted by atomic mass is 19.4. The van der Waals surface area contributed by atoms with Crippen LogP contribution in [0.1, 0.15) is 48.5 Å². The van der Waals surface area contributed by atoms with Gasteiger partial charge >= 0.3 is 12.2 Å². The van der Waals surface area contributed by atoms with Crippen molar-refractivity contribution in [2.24, 2.45) is 5.92 Å². The second-order valence-electron chi connectivity index (χ2n) is 8.68. The molecule has 8 nitrogen and oxygen atoms in total. The molecule has 2 aliphatic rings. The first kappa shape index (κ1) is 24.5. The van der Waals surface area contributed by atoms with E-state index in [2.05, 4.69) is 5.32 Å². The van der Waals surface area contributed by atoms with Crippen LogP contribution >= 0.6 is 0 Å². The Morgan fingerprint density at radius 2 is 1.88 bits per heavy atom. The maximum atomic E-state index is 13.0. The summed E-state index contributed by atoms with van der Waals surface area (Å²) in [4.78, 5) is 52.2. The summed E-state index contributed by atoms with van der Waals surface area (Å²) in [5.41, 5.74) is -0.243. The predicted octanol–water partition coefficient (Wildman–Crippen LogP) is 2.44. The summed E-state index contributed by atoms with van der Waals surface area (Å²) < 4.78 is 36.7. The van der Waals surface area contributed by atoms with E-state index in [-0.39, 0.29) is 30.5 Å². The number of imide groups is 1. The number of halogens is 3. The molecule has 1 aliphatic carbocycles. The van der Waals surface area contributed by atoms with Crippen LogP contribution in [-0.2, 0) is 16.1 Å². The van der Waals surface area contributed by atoms with Crippen molar-refractivity contribution in [1.82, 2.24) is 20.4 Å². The van der Waals surface area contributed by atoms with E-state index in [0.29, 0.717) is 12.0 Å². The zero-order valence-electron chi connectivity index (χ0n) is 18.5. The second-order valence-corrected chi connectivity index (χ2v) is 8.68. The smallest absolute Gasteiger partial charge is 0.343 e. The zero-order chi connectivity index (χ0) is 24.4. The molecule has 2 fully saturated rings. The van der Waals surface area contributed by atoms with Crippen LogP contribution in [0.2, 0.25) is 0 Å². The standard InChI is InChI=1S/C22H27F3N4O4/c1-14-5-3-4-10-21(14)19(32)29(20(33)27-21)12-17(30)28(2)11-15-6-8-16(9-7-15)18(31)26-13-22(23,24)25/h6-9,14H,3-5,10-13H2,1-2H3,(H,26,31)(H,27,33). The molecule has 3 rings (SSSR count). The number of urea groups is 1. The fourth-order valence-electron chi connectivity index (χ4n) is 4.30. The van der Waals surface area contributed by atoms with Gasteiger partial charge in [-0.1, -0.05) is 31.9 Å². The maximum absolute atomic E-state index is 13.0. The quantitative estimate of drug-likeness (QED) is 0.627. The van der Waals surface area contributed by atoms with Crippen LogP contribution in [0.3, 0.4) is 0 Å². The van der Waals surface area contributed by atoms with Crippen LogP contribution in [0.15, 0.2) is 24.3 Å². The zero-order valence-corrected chi connectivity index (χ0v) is 18.5. The molecule has 0 aromatic heterocycles. The van der Waals surface area contributed by atoms with Gasteiger partial charge in [0.15, 0.2) is 0 Å². The van der Waals surface area contributed by atoms with Crippen molar-refractivity contribution in [2.45, 2.75) is 50.9 Å². The molecule has 1 saturated carbocycles. The summed E-state index contributed by atoms with van der Waals surface area (Å²) in [6.45, 7) is 0.261. The molecule has 2 N–H and O–H groups in total. The van der Waals surface area contributed by atoms with E-state index in [9.17, 15) is 32.3 Å². The highest BCUT2D eigenvalue weighted by Gasteiger charge is 2.55. The fraction of sp³-hybridized carbons (Fsp3) is 0.545. The minimum absolute atomic E-state index is 0.00706. The van der Waals surface area contributed by atoms with Crippen LogP contribution < -0.4 is 10.6 Å². The Kier molecular flexibility index (Phi) is 6.99.